The summed E-state index contributed by atoms with van der Waals surface area (Å²) in [5, 5.41) is 3.97. The lowest BCUT2D eigenvalue weighted by atomic mass is 10.1. The molecule has 1 N–H and O–H groups in total. The molecule has 0 unspecified atom stereocenters. The van der Waals surface area contributed by atoms with Crippen molar-refractivity contribution in [3.63, 3.8) is 0 Å². The van der Waals surface area contributed by atoms with Crippen LogP contribution in [0.1, 0.15) is 16.1 Å². The summed E-state index contributed by atoms with van der Waals surface area (Å²) < 4.78 is 32.8. The average Bonchev–Trinajstić information content (AvgIpc) is 3.07. The number of halogens is 1. The van der Waals surface area contributed by atoms with Crippen molar-refractivity contribution < 1.29 is 17.6 Å². The number of piperazine rings is 1. The Hall–Kier alpha value is -2.39. The van der Waals surface area contributed by atoms with Crippen LogP contribution in [0.25, 0.3) is 11.0 Å². The highest BCUT2D eigenvalue weighted by molar-refractivity contribution is 7.89. The molecule has 0 spiro atoms. The third-order valence-electron chi connectivity index (χ3n) is 5.33. The highest BCUT2D eigenvalue weighted by Crippen LogP contribution is 2.31. The minimum Gasteiger partial charge on any atom is -0.449 e. The van der Waals surface area contributed by atoms with Crippen molar-refractivity contribution in [2.45, 2.75) is 11.8 Å². The van der Waals surface area contributed by atoms with E-state index in [0.29, 0.717) is 48.0 Å². The third-order valence-corrected chi connectivity index (χ3v) is 7.54. The molecular formula is C21H22ClN3O4S. The fourth-order valence-electron chi connectivity index (χ4n) is 3.50. The number of likely N-dealkylation sites (N-methyl/N-ethyl adjacent to an activating group) is 1. The zero-order valence-electron chi connectivity index (χ0n) is 16.7. The number of aryl methyl sites for hydroxylation is 1. The minimum atomic E-state index is -3.55. The van der Waals surface area contributed by atoms with Crippen LogP contribution < -0.4 is 5.32 Å². The van der Waals surface area contributed by atoms with Crippen LogP contribution in [0.15, 0.2) is 51.8 Å². The average molecular weight is 448 g/mol. The summed E-state index contributed by atoms with van der Waals surface area (Å²) >= 11 is 6.15. The Morgan fingerprint density at radius 2 is 1.73 bits per heavy atom. The second-order valence-corrected chi connectivity index (χ2v) is 9.70. The smallest absolute Gasteiger partial charge is 0.291 e. The van der Waals surface area contributed by atoms with E-state index in [1.807, 2.05) is 13.1 Å². The van der Waals surface area contributed by atoms with Gasteiger partial charge in [-0.25, -0.2) is 8.42 Å². The van der Waals surface area contributed by atoms with Crippen molar-refractivity contribution in [3.05, 3.63) is 58.8 Å². The molecule has 1 amide bonds. The summed E-state index contributed by atoms with van der Waals surface area (Å²) in [4.78, 5) is 15.0. The van der Waals surface area contributed by atoms with Gasteiger partial charge < -0.3 is 14.6 Å². The fraction of sp³-hybridized carbons (Fsp3) is 0.286. The predicted octanol–water partition coefficient (Wildman–Crippen LogP) is 3.58. The fourth-order valence-corrected chi connectivity index (χ4v) is 5.14. The third kappa shape index (κ3) is 3.83. The summed E-state index contributed by atoms with van der Waals surface area (Å²) in [6.45, 7) is 4.13. The number of furan rings is 1. The van der Waals surface area contributed by atoms with Gasteiger partial charge >= 0.3 is 0 Å². The summed E-state index contributed by atoms with van der Waals surface area (Å²) in [6, 6.07) is 11.5. The quantitative estimate of drug-likeness (QED) is 0.661. The van der Waals surface area contributed by atoms with E-state index in [9.17, 15) is 13.2 Å². The number of hydrogen-bond donors (Lipinski definition) is 1. The molecule has 0 atom stereocenters. The molecule has 9 heteroatoms. The van der Waals surface area contributed by atoms with Crippen LogP contribution in [0, 0.1) is 6.92 Å². The van der Waals surface area contributed by atoms with E-state index < -0.39 is 15.9 Å². The Balaban J connectivity index is 1.52. The Bertz CT molecular complexity index is 1200. The summed E-state index contributed by atoms with van der Waals surface area (Å²) in [7, 11) is -1.58. The number of para-hydroxylation sites is 1. The molecule has 158 valence electrons. The van der Waals surface area contributed by atoms with E-state index in [2.05, 4.69) is 10.2 Å². The summed E-state index contributed by atoms with van der Waals surface area (Å²) in [5.41, 5.74) is 1.64. The van der Waals surface area contributed by atoms with Crippen molar-refractivity contribution in [3.8, 4) is 0 Å². The number of hydrogen-bond acceptors (Lipinski definition) is 5. The highest BCUT2D eigenvalue weighted by Gasteiger charge is 2.27. The van der Waals surface area contributed by atoms with E-state index in [1.54, 1.807) is 31.2 Å². The van der Waals surface area contributed by atoms with Crippen LogP contribution in [0.2, 0.25) is 5.02 Å². The topological polar surface area (TPSA) is 82.9 Å². The molecule has 1 fully saturated rings. The Labute approximate surface area is 180 Å². The first-order valence-corrected chi connectivity index (χ1v) is 11.4. The maximum Gasteiger partial charge on any atom is 0.291 e. The lowest BCUT2D eigenvalue weighted by Gasteiger charge is -2.31. The normalized spacial score (nSPS) is 16.1. The molecule has 0 bridgehead atoms. The number of anilines is 1. The molecule has 1 aromatic heterocycles. The van der Waals surface area contributed by atoms with Gasteiger partial charge in [-0.15, -0.1) is 0 Å². The van der Waals surface area contributed by atoms with Crippen molar-refractivity contribution in [1.82, 2.24) is 9.21 Å². The number of rotatable bonds is 4. The molecule has 2 aromatic carbocycles. The first kappa shape index (κ1) is 20.9. The van der Waals surface area contributed by atoms with Crippen molar-refractivity contribution in [2.75, 3.05) is 38.5 Å². The molecule has 1 aliphatic heterocycles. The van der Waals surface area contributed by atoms with Gasteiger partial charge in [-0.1, -0.05) is 23.7 Å². The molecule has 0 saturated carbocycles. The number of nitrogens with zero attached hydrogens (tertiary/aromatic N) is 2. The first-order chi connectivity index (χ1) is 14.3. The molecule has 3 aromatic rings. The van der Waals surface area contributed by atoms with Gasteiger partial charge in [-0.05, 0) is 44.3 Å². The molecule has 4 rings (SSSR count). The standard InChI is InChI=1S/C21H22ClN3O4S/c1-14-17-4-3-5-18(22)20(17)29-19(14)21(26)23-15-6-8-16(9-7-15)30(27,28)25-12-10-24(2)11-13-25/h3-9H,10-13H2,1-2H3,(H,23,26). The molecule has 0 aliphatic carbocycles. The number of carbonyl (C=O) groups is 1. The number of benzene rings is 2. The van der Waals surface area contributed by atoms with Crippen LogP contribution in [-0.4, -0.2) is 56.8 Å². The van der Waals surface area contributed by atoms with E-state index in [1.165, 1.54) is 16.4 Å². The molecule has 30 heavy (non-hydrogen) atoms. The van der Waals surface area contributed by atoms with Gasteiger partial charge in [0.1, 0.15) is 0 Å². The number of sulfonamides is 1. The monoisotopic (exact) mass is 447 g/mol. The second kappa shape index (κ2) is 8.03. The molecule has 0 radical (unpaired) electrons. The van der Waals surface area contributed by atoms with Gasteiger partial charge in [-0.3, -0.25) is 4.79 Å². The largest absolute Gasteiger partial charge is 0.449 e. The summed E-state index contributed by atoms with van der Waals surface area (Å²) in [6.07, 6.45) is 0. The maximum absolute atomic E-state index is 12.8. The van der Waals surface area contributed by atoms with Crippen LogP contribution in [0.3, 0.4) is 0 Å². The lowest BCUT2D eigenvalue weighted by molar-refractivity contribution is 0.0998. The van der Waals surface area contributed by atoms with Crippen LogP contribution in [0.4, 0.5) is 5.69 Å². The zero-order valence-corrected chi connectivity index (χ0v) is 18.3. The number of nitrogens with one attached hydrogen (secondary N) is 1. The van der Waals surface area contributed by atoms with E-state index >= 15 is 0 Å². The number of fused-ring (bicyclic) bond motifs is 1. The zero-order chi connectivity index (χ0) is 21.5. The van der Waals surface area contributed by atoms with E-state index in [-0.39, 0.29) is 10.7 Å². The molecule has 1 saturated heterocycles. The number of amides is 1. The SMILES string of the molecule is Cc1c(C(=O)Nc2ccc(S(=O)(=O)N3CCN(C)CC3)cc2)oc2c(Cl)cccc12. The second-order valence-electron chi connectivity index (χ2n) is 7.36. The highest BCUT2D eigenvalue weighted by atomic mass is 35.5. The van der Waals surface area contributed by atoms with Gasteiger partial charge in [0, 0.05) is 42.8 Å². The lowest BCUT2D eigenvalue weighted by Crippen LogP contribution is -2.46. The van der Waals surface area contributed by atoms with Gasteiger partial charge in [0.2, 0.25) is 10.0 Å². The molecule has 7 nitrogen and oxygen atoms in total. The first-order valence-electron chi connectivity index (χ1n) is 9.55. The van der Waals surface area contributed by atoms with Gasteiger partial charge in [0.25, 0.3) is 5.91 Å². The Morgan fingerprint density at radius 3 is 2.37 bits per heavy atom. The van der Waals surface area contributed by atoms with E-state index in [0.717, 1.165) is 5.39 Å². The molecular weight excluding hydrogens is 426 g/mol. The van der Waals surface area contributed by atoms with Gasteiger partial charge in [0.05, 0.1) is 9.92 Å². The van der Waals surface area contributed by atoms with Crippen LogP contribution in [-0.2, 0) is 10.0 Å². The molecule has 1 aliphatic rings. The Kier molecular flexibility index (Phi) is 5.59. The predicted molar refractivity (Wildman–Crippen MR) is 117 cm³/mol. The van der Waals surface area contributed by atoms with Crippen molar-refractivity contribution in [2.24, 2.45) is 0 Å². The number of carbonyl (C=O) groups excluding carboxylic acids is 1. The van der Waals surface area contributed by atoms with Gasteiger partial charge in [0.15, 0.2) is 11.3 Å². The van der Waals surface area contributed by atoms with Crippen LogP contribution >= 0.6 is 11.6 Å². The maximum atomic E-state index is 12.8. The van der Waals surface area contributed by atoms with Crippen LogP contribution in [0.5, 0.6) is 0 Å². The van der Waals surface area contributed by atoms with Gasteiger partial charge in [-0.2, -0.15) is 4.31 Å². The minimum absolute atomic E-state index is 0.173. The Morgan fingerprint density at radius 1 is 1.07 bits per heavy atom. The summed E-state index contributed by atoms with van der Waals surface area (Å²) in [5.74, 6) is -0.248. The van der Waals surface area contributed by atoms with Crippen molar-refractivity contribution in [1.29, 1.82) is 0 Å². The van der Waals surface area contributed by atoms with E-state index in [4.69, 9.17) is 16.0 Å². The molecule has 2 heterocycles. The van der Waals surface area contributed by atoms with Crippen molar-refractivity contribution >= 4 is 44.2 Å².